The Bertz CT molecular complexity index is 297. The molecule has 1 N–H and O–H groups in total. The molecule has 1 aliphatic rings. The van der Waals surface area contributed by atoms with Crippen LogP contribution in [0.25, 0.3) is 0 Å². The quantitative estimate of drug-likeness (QED) is 0.859. The monoisotopic (exact) mass is 294 g/mol. The van der Waals surface area contributed by atoms with Crippen LogP contribution in [0.4, 0.5) is 0 Å². The summed E-state index contributed by atoms with van der Waals surface area (Å²) in [5, 5.41) is 5.55. The fourth-order valence-corrected chi connectivity index (χ4v) is 2.95. The number of nitrogens with one attached hydrogen (secondary N) is 1. The summed E-state index contributed by atoms with van der Waals surface area (Å²) in [4.78, 5) is 4.03. The lowest BCUT2D eigenvalue weighted by atomic mass is 10.1. The topological polar surface area (TPSA) is 15.3 Å². The highest BCUT2D eigenvalue weighted by Gasteiger charge is 2.21. The molecule has 0 radical (unpaired) electrons. The number of nitrogens with zero attached hydrogens (tertiary/aromatic N) is 1. The first-order valence-electron chi connectivity index (χ1n) is 5.51. The van der Waals surface area contributed by atoms with Gasteiger partial charge in [-0.25, -0.2) is 0 Å². The lowest BCUT2D eigenvalue weighted by Crippen LogP contribution is -2.44. The number of hydrogen-bond donors (Lipinski definition) is 1. The molecule has 1 aromatic rings. The van der Waals surface area contributed by atoms with Crippen LogP contribution >= 0.6 is 36.2 Å². The standard InChI is InChI=1S/C12H18N2S.2ClH/c1-2-4-11(12-5-3-10-15-12)14-8-6-13-7-9-14;;/h2-3,5,10-11,13H,1,4,6-9H2;2*1H/t11-;;/m1../s1. The highest BCUT2D eigenvalue weighted by Crippen LogP contribution is 2.28. The predicted molar refractivity (Wildman–Crippen MR) is 80.8 cm³/mol. The highest BCUT2D eigenvalue weighted by molar-refractivity contribution is 7.10. The van der Waals surface area contributed by atoms with Gasteiger partial charge in [0.25, 0.3) is 0 Å². The van der Waals surface area contributed by atoms with E-state index < -0.39 is 0 Å². The van der Waals surface area contributed by atoms with Crippen LogP contribution in [0, 0.1) is 0 Å². The minimum absolute atomic E-state index is 0. The first-order valence-corrected chi connectivity index (χ1v) is 6.39. The summed E-state index contributed by atoms with van der Waals surface area (Å²) in [6.07, 6.45) is 3.09. The van der Waals surface area contributed by atoms with Crippen molar-refractivity contribution in [1.29, 1.82) is 0 Å². The molecule has 2 heterocycles. The molecule has 0 unspecified atom stereocenters. The fraction of sp³-hybridized carbons (Fsp3) is 0.500. The smallest absolute Gasteiger partial charge is 0.0476 e. The van der Waals surface area contributed by atoms with Gasteiger partial charge in [0.05, 0.1) is 0 Å². The van der Waals surface area contributed by atoms with Crippen molar-refractivity contribution in [3.05, 3.63) is 35.0 Å². The zero-order valence-corrected chi connectivity index (χ0v) is 12.3. The lowest BCUT2D eigenvalue weighted by molar-refractivity contribution is 0.177. The maximum absolute atomic E-state index is 3.87. The zero-order valence-electron chi connectivity index (χ0n) is 9.80. The second-order valence-corrected chi connectivity index (χ2v) is 4.82. The Labute approximate surface area is 120 Å². The van der Waals surface area contributed by atoms with Crippen LogP contribution < -0.4 is 5.32 Å². The van der Waals surface area contributed by atoms with Crippen molar-refractivity contribution in [2.45, 2.75) is 12.5 Å². The molecular formula is C12H20Cl2N2S. The van der Waals surface area contributed by atoms with E-state index in [9.17, 15) is 0 Å². The number of halogens is 2. The zero-order chi connectivity index (χ0) is 10.5. The first kappa shape index (κ1) is 16.9. The second kappa shape index (κ2) is 8.95. The Morgan fingerprint density at radius 3 is 2.65 bits per heavy atom. The van der Waals surface area contributed by atoms with Gasteiger partial charge in [0.1, 0.15) is 0 Å². The maximum Gasteiger partial charge on any atom is 0.0476 e. The van der Waals surface area contributed by atoms with Gasteiger partial charge >= 0.3 is 0 Å². The normalized spacial score (nSPS) is 17.6. The van der Waals surface area contributed by atoms with Crippen molar-refractivity contribution in [2.75, 3.05) is 26.2 Å². The van der Waals surface area contributed by atoms with Crippen molar-refractivity contribution in [3.63, 3.8) is 0 Å². The molecule has 5 heteroatoms. The molecule has 0 amide bonds. The van der Waals surface area contributed by atoms with Gasteiger partial charge < -0.3 is 5.32 Å². The number of thiophene rings is 1. The Morgan fingerprint density at radius 1 is 1.41 bits per heavy atom. The summed E-state index contributed by atoms with van der Waals surface area (Å²) in [5.41, 5.74) is 0. The van der Waals surface area contributed by atoms with Crippen LogP contribution in [0.1, 0.15) is 17.3 Å². The second-order valence-electron chi connectivity index (χ2n) is 3.84. The molecule has 1 atom stereocenters. The average molecular weight is 295 g/mol. The van der Waals surface area contributed by atoms with Gasteiger partial charge in [-0.2, -0.15) is 0 Å². The van der Waals surface area contributed by atoms with Crippen LogP contribution in [-0.2, 0) is 0 Å². The summed E-state index contributed by atoms with van der Waals surface area (Å²) in [5.74, 6) is 0. The molecule has 0 saturated carbocycles. The van der Waals surface area contributed by atoms with Crippen molar-refractivity contribution < 1.29 is 0 Å². The van der Waals surface area contributed by atoms with Crippen LogP contribution in [0.5, 0.6) is 0 Å². The molecule has 0 spiro atoms. The van der Waals surface area contributed by atoms with Crippen LogP contribution in [0.15, 0.2) is 30.2 Å². The van der Waals surface area contributed by atoms with Crippen LogP contribution in [-0.4, -0.2) is 31.1 Å². The molecule has 17 heavy (non-hydrogen) atoms. The fourth-order valence-electron chi connectivity index (χ4n) is 2.08. The minimum atomic E-state index is 0. The molecule has 1 aliphatic heterocycles. The summed E-state index contributed by atoms with van der Waals surface area (Å²) in [6, 6.07) is 4.92. The van der Waals surface area contributed by atoms with E-state index in [2.05, 4.69) is 34.3 Å². The molecule has 0 aromatic carbocycles. The predicted octanol–water partition coefficient (Wildman–Crippen LogP) is 3.11. The van der Waals surface area contributed by atoms with Crippen LogP contribution in [0.3, 0.4) is 0 Å². The van der Waals surface area contributed by atoms with Gasteiger partial charge in [-0.3, -0.25) is 4.90 Å². The maximum atomic E-state index is 3.87. The van der Waals surface area contributed by atoms with Gasteiger partial charge in [0, 0.05) is 37.1 Å². The third-order valence-electron chi connectivity index (χ3n) is 2.85. The summed E-state index contributed by atoms with van der Waals surface area (Å²) >= 11 is 1.85. The van der Waals surface area contributed by atoms with E-state index in [1.807, 2.05) is 17.4 Å². The Hall–Kier alpha value is -0.0600. The molecule has 1 saturated heterocycles. The third kappa shape index (κ3) is 4.60. The average Bonchev–Trinajstić information content (AvgIpc) is 2.80. The van der Waals surface area contributed by atoms with Gasteiger partial charge in [-0.15, -0.1) is 42.7 Å². The van der Waals surface area contributed by atoms with Gasteiger partial charge in [-0.1, -0.05) is 12.1 Å². The molecule has 1 aromatic heterocycles. The van der Waals surface area contributed by atoms with Crippen molar-refractivity contribution >= 4 is 36.2 Å². The number of piperazine rings is 1. The largest absolute Gasteiger partial charge is 0.314 e. The Balaban J connectivity index is 0.00000128. The third-order valence-corrected chi connectivity index (χ3v) is 3.83. The highest BCUT2D eigenvalue weighted by atomic mass is 35.5. The number of hydrogen-bond acceptors (Lipinski definition) is 3. The number of rotatable bonds is 4. The van der Waals surface area contributed by atoms with Crippen LogP contribution in [0.2, 0.25) is 0 Å². The first-order chi connectivity index (χ1) is 7.42. The van der Waals surface area contributed by atoms with Gasteiger partial charge in [0.15, 0.2) is 0 Å². The van der Waals surface area contributed by atoms with E-state index in [1.165, 1.54) is 4.88 Å². The van der Waals surface area contributed by atoms with E-state index in [1.54, 1.807) is 0 Å². The summed E-state index contributed by atoms with van der Waals surface area (Å²) in [6.45, 7) is 8.39. The van der Waals surface area contributed by atoms with Crippen molar-refractivity contribution in [3.8, 4) is 0 Å². The SMILES string of the molecule is C=CC[C@H](c1cccs1)N1CCNCC1.Cl.Cl. The Kier molecular flexibility index (Phi) is 8.92. The van der Waals surface area contributed by atoms with Crippen molar-refractivity contribution in [1.82, 2.24) is 10.2 Å². The molecular weight excluding hydrogens is 275 g/mol. The molecule has 2 rings (SSSR count). The Morgan fingerprint density at radius 2 is 2.12 bits per heavy atom. The van der Waals surface area contributed by atoms with E-state index >= 15 is 0 Å². The molecule has 98 valence electrons. The van der Waals surface area contributed by atoms with Gasteiger partial charge in [-0.05, 0) is 17.9 Å². The summed E-state index contributed by atoms with van der Waals surface area (Å²) in [7, 11) is 0. The van der Waals surface area contributed by atoms with E-state index in [4.69, 9.17) is 0 Å². The van der Waals surface area contributed by atoms with Gasteiger partial charge in [0.2, 0.25) is 0 Å². The van der Waals surface area contributed by atoms with E-state index in [-0.39, 0.29) is 24.8 Å². The van der Waals surface area contributed by atoms with E-state index in [0.717, 1.165) is 32.6 Å². The molecule has 2 nitrogen and oxygen atoms in total. The van der Waals surface area contributed by atoms with Crippen molar-refractivity contribution in [2.24, 2.45) is 0 Å². The lowest BCUT2D eigenvalue weighted by Gasteiger charge is -2.33. The molecule has 0 bridgehead atoms. The minimum Gasteiger partial charge on any atom is -0.314 e. The molecule has 0 aliphatic carbocycles. The van der Waals surface area contributed by atoms with E-state index in [0.29, 0.717) is 6.04 Å². The summed E-state index contributed by atoms with van der Waals surface area (Å²) < 4.78 is 0. The molecule has 1 fully saturated rings.